The average Bonchev–Trinajstić information content (AvgIpc) is 3.10. The van der Waals surface area contributed by atoms with E-state index in [1.807, 2.05) is 37.3 Å². The van der Waals surface area contributed by atoms with Crippen LogP contribution in [0.3, 0.4) is 0 Å². The summed E-state index contributed by atoms with van der Waals surface area (Å²) in [5, 5.41) is 1.19. The lowest BCUT2D eigenvalue weighted by atomic mass is 9.97. The molecule has 1 fully saturated rings. The van der Waals surface area contributed by atoms with Crippen molar-refractivity contribution >= 4 is 36.2 Å². The number of thiophene rings is 1. The summed E-state index contributed by atoms with van der Waals surface area (Å²) in [7, 11) is 0. The molecular weight excluding hydrogens is 346 g/mol. The maximum absolute atomic E-state index is 12.4. The van der Waals surface area contributed by atoms with Crippen LogP contribution >= 0.6 is 24.2 Å². The maximum atomic E-state index is 12.4. The molecule has 3 heterocycles. The molecule has 2 aliphatic rings. The number of primary amides is 1. The second-order valence-electron chi connectivity index (χ2n) is 5.91. The molecule has 2 aromatic rings. The number of hydrogen-bond acceptors (Lipinski definition) is 5. The summed E-state index contributed by atoms with van der Waals surface area (Å²) < 4.78 is 4.95. The van der Waals surface area contributed by atoms with Crippen LogP contribution in [-0.4, -0.2) is 28.4 Å². The molecule has 0 spiro atoms. The predicted molar refractivity (Wildman–Crippen MR) is 93.2 cm³/mol. The summed E-state index contributed by atoms with van der Waals surface area (Å²) >= 11 is 5.29. The second kappa shape index (κ2) is 5.51. The molecule has 1 aromatic heterocycles. The van der Waals surface area contributed by atoms with Gasteiger partial charge in [-0.1, -0.05) is 24.3 Å². The number of urea groups is 1. The minimum Gasteiger partial charge on any atom is -0.368 e. The molecule has 1 aromatic carbocycles. The fraction of sp³-hybridized carbons (Fsp3) is 0.250. The summed E-state index contributed by atoms with van der Waals surface area (Å²) in [4.78, 5) is 27.7. The van der Waals surface area contributed by atoms with Gasteiger partial charge in [-0.2, -0.15) is 5.06 Å². The van der Waals surface area contributed by atoms with E-state index in [0.717, 1.165) is 26.4 Å². The van der Waals surface area contributed by atoms with E-state index in [0.29, 0.717) is 6.54 Å². The number of carbonyl (C=O) groups is 2. The van der Waals surface area contributed by atoms with Gasteiger partial charge in [-0.3, -0.25) is 4.79 Å². The van der Waals surface area contributed by atoms with Crippen LogP contribution < -0.4 is 5.73 Å². The smallest absolute Gasteiger partial charge is 0.346 e. The second-order valence-corrected chi connectivity index (χ2v) is 7.16. The molecule has 1 saturated heterocycles. The first-order valence-corrected chi connectivity index (χ1v) is 8.61. The molecular formula is C16H15N3O3S2. The van der Waals surface area contributed by atoms with E-state index in [9.17, 15) is 9.59 Å². The number of fused-ring (bicyclic) bond motifs is 4. The van der Waals surface area contributed by atoms with Crippen LogP contribution in [0.2, 0.25) is 0 Å². The zero-order valence-electron chi connectivity index (χ0n) is 12.8. The highest BCUT2D eigenvalue weighted by atomic mass is 32.1. The number of rotatable bonds is 3. The SMILES string of the molecule is Cc1ccccc1-c1cc2c(s1)C(C(N)=O)N1CC2N(OS)C1=O. The van der Waals surface area contributed by atoms with Gasteiger partial charge in [-0.15, -0.1) is 11.3 Å². The molecule has 2 aliphatic heterocycles. The molecule has 8 heteroatoms. The van der Waals surface area contributed by atoms with Crippen LogP contribution in [-0.2, 0) is 9.08 Å². The van der Waals surface area contributed by atoms with Crippen molar-refractivity contribution in [3.05, 3.63) is 46.3 Å². The van der Waals surface area contributed by atoms with Crippen LogP contribution in [0.15, 0.2) is 30.3 Å². The lowest BCUT2D eigenvalue weighted by molar-refractivity contribution is -0.122. The number of thiol groups is 1. The van der Waals surface area contributed by atoms with E-state index in [4.69, 9.17) is 10.0 Å². The van der Waals surface area contributed by atoms with Gasteiger partial charge in [0.15, 0.2) is 0 Å². The van der Waals surface area contributed by atoms with Crippen molar-refractivity contribution in [3.63, 3.8) is 0 Å². The van der Waals surface area contributed by atoms with Crippen molar-refractivity contribution in [1.82, 2.24) is 9.96 Å². The molecule has 2 unspecified atom stereocenters. The summed E-state index contributed by atoms with van der Waals surface area (Å²) in [6.45, 7) is 2.41. The van der Waals surface area contributed by atoms with E-state index < -0.39 is 11.9 Å². The standard InChI is InChI=1S/C16H15N3O3S2/c1-8-4-2-3-5-9(8)12-6-10-11-7-18(16(21)19(11)22-23)13(15(17)20)14(10)24-12/h2-6,11,13,23H,7H2,1H3,(H2,17,20). The van der Waals surface area contributed by atoms with Gasteiger partial charge >= 0.3 is 6.03 Å². The third-order valence-corrected chi connectivity index (χ3v) is 5.98. The van der Waals surface area contributed by atoms with Crippen molar-refractivity contribution in [2.75, 3.05) is 6.54 Å². The van der Waals surface area contributed by atoms with Crippen LogP contribution in [0, 0.1) is 6.92 Å². The van der Waals surface area contributed by atoms with Crippen molar-refractivity contribution < 1.29 is 13.9 Å². The Balaban J connectivity index is 1.88. The third kappa shape index (κ3) is 2.07. The van der Waals surface area contributed by atoms with E-state index in [-0.39, 0.29) is 12.1 Å². The summed E-state index contributed by atoms with van der Waals surface area (Å²) in [6, 6.07) is 8.65. The van der Waals surface area contributed by atoms with Crippen molar-refractivity contribution in [2.45, 2.75) is 19.0 Å². The number of amides is 3. The van der Waals surface area contributed by atoms with Crippen LogP contribution in [0.25, 0.3) is 10.4 Å². The Morgan fingerprint density at radius 2 is 2.17 bits per heavy atom. The van der Waals surface area contributed by atoms with E-state index >= 15 is 0 Å². The number of hydroxylamine groups is 2. The zero-order valence-corrected chi connectivity index (χ0v) is 14.5. The Morgan fingerprint density at radius 3 is 2.83 bits per heavy atom. The number of carbonyl (C=O) groups excluding carboxylic acids is 2. The molecule has 0 aliphatic carbocycles. The lowest BCUT2D eigenvalue weighted by Crippen LogP contribution is -2.40. The third-order valence-electron chi connectivity index (χ3n) is 4.56. The molecule has 2 atom stereocenters. The number of nitrogens with two attached hydrogens (primary N) is 1. The zero-order chi connectivity index (χ0) is 17.0. The Hall–Kier alpha value is -2.03. The summed E-state index contributed by atoms with van der Waals surface area (Å²) in [5.74, 6) is -0.540. The largest absolute Gasteiger partial charge is 0.368 e. The van der Waals surface area contributed by atoms with Gasteiger partial charge in [0, 0.05) is 22.7 Å². The highest BCUT2D eigenvalue weighted by molar-refractivity contribution is 7.75. The number of benzene rings is 1. The van der Waals surface area contributed by atoms with Gasteiger partial charge < -0.3 is 10.6 Å². The lowest BCUT2D eigenvalue weighted by Gasteiger charge is -2.27. The van der Waals surface area contributed by atoms with Gasteiger partial charge in [-0.05, 0) is 29.7 Å². The minimum absolute atomic E-state index is 0.283. The molecule has 24 heavy (non-hydrogen) atoms. The number of aryl methyl sites for hydroxylation is 1. The van der Waals surface area contributed by atoms with Crippen LogP contribution in [0.1, 0.15) is 28.1 Å². The molecule has 2 N–H and O–H groups in total. The van der Waals surface area contributed by atoms with Crippen molar-refractivity contribution in [3.8, 4) is 10.4 Å². The fourth-order valence-corrected chi connectivity index (χ4v) is 5.04. The molecule has 0 saturated carbocycles. The van der Waals surface area contributed by atoms with Crippen molar-refractivity contribution in [1.29, 1.82) is 0 Å². The first kappa shape index (κ1) is 15.5. The van der Waals surface area contributed by atoms with Gasteiger partial charge in [0.25, 0.3) is 0 Å². The normalized spacial score (nSPS) is 22.0. The monoisotopic (exact) mass is 361 g/mol. The highest BCUT2D eigenvalue weighted by Crippen LogP contribution is 2.49. The van der Waals surface area contributed by atoms with Gasteiger partial charge in [0.2, 0.25) is 5.91 Å². The van der Waals surface area contributed by atoms with Crippen LogP contribution in [0.4, 0.5) is 4.79 Å². The van der Waals surface area contributed by atoms with Crippen LogP contribution in [0.5, 0.6) is 0 Å². The minimum atomic E-state index is -0.764. The molecule has 2 bridgehead atoms. The summed E-state index contributed by atoms with van der Waals surface area (Å²) in [6.07, 6.45) is 0. The Labute approximate surface area is 148 Å². The van der Waals surface area contributed by atoms with E-state index in [2.05, 4.69) is 12.9 Å². The fourth-order valence-electron chi connectivity index (χ4n) is 3.43. The topological polar surface area (TPSA) is 75.9 Å². The quantitative estimate of drug-likeness (QED) is 0.652. The average molecular weight is 361 g/mol. The first-order valence-electron chi connectivity index (χ1n) is 7.43. The van der Waals surface area contributed by atoms with Gasteiger partial charge in [-0.25, -0.2) is 9.08 Å². The number of hydrogen-bond donors (Lipinski definition) is 2. The Bertz CT molecular complexity index is 851. The molecule has 6 nitrogen and oxygen atoms in total. The molecule has 3 amide bonds. The Kier molecular flexibility index (Phi) is 3.56. The van der Waals surface area contributed by atoms with Gasteiger partial charge in [0.05, 0.1) is 6.54 Å². The first-order chi connectivity index (χ1) is 11.5. The molecule has 124 valence electrons. The summed E-state index contributed by atoms with van der Waals surface area (Å²) in [5.41, 5.74) is 8.75. The molecule has 0 radical (unpaired) electrons. The molecule has 4 rings (SSSR count). The highest BCUT2D eigenvalue weighted by Gasteiger charge is 2.51. The van der Waals surface area contributed by atoms with E-state index in [1.165, 1.54) is 21.3 Å². The van der Waals surface area contributed by atoms with E-state index in [1.54, 1.807) is 0 Å². The van der Waals surface area contributed by atoms with Crippen molar-refractivity contribution in [2.24, 2.45) is 5.73 Å². The van der Waals surface area contributed by atoms with Gasteiger partial charge in [0.1, 0.15) is 12.1 Å². The number of nitrogens with zero attached hydrogens (tertiary/aromatic N) is 2. The predicted octanol–water partition coefficient (Wildman–Crippen LogP) is 2.82. The Morgan fingerprint density at radius 1 is 1.42 bits per heavy atom. The maximum Gasteiger partial charge on any atom is 0.346 e.